The van der Waals surface area contributed by atoms with Crippen LogP contribution in [0.25, 0.3) is 11.8 Å². The molecule has 4 aromatic rings. The zero-order chi connectivity index (χ0) is 28.5. The lowest BCUT2D eigenvalue weighted by Gasteiger charge is -2.12. The second-order valence-corrected chi connectivity index (χ2v) is 11.1. The van der Waals surface area contributed by atoms with Gasteiger partial charge < -0.3 is 5.32 Å². The lowest BCUT2D eigenvalue weighted by atomic mass is 10.0. The van der Waals surface area contributed by atoms with E-state index in [2.05, 4.69) is 64.2 Å². The maximum absolute atomic E-state index is 12.5. The molecule has 1 amide bonds. The van der Waals surface area contributed by atoms with Gasteiger partial charge in [0, 0.05) is 16.4 Å². The van der Waals surface area contributed by atoms with Gasteiger partial charge in [-0.05, 0) is 72.4 Å². The maximum atomic E-state index is 12.5. The SMILES string of the molecule is C/C(C=NNC(=O)CSc1nnc(CNc2ccc(Cl)cc2C)n1-c1ccccc1)=C\c1ccc(C(C)C)cc1. The Bertz CT molecular complexity index is 1500. The van der Waals surface area contributed by atoms with Gasteiger partial charge in [0.25, 0.3) is 5.91 Å². The lowest BCUT2D eigenvalue weighted by Crippen LogP contribution is -2.20. The molecular weight excluding hydrogens is 540 g/mol. The average molecular weight is 573 g/mol. The largest absolute Gasteiger partial charge is 0.378 e. The number of allylic oxidation sites excluding steroid dienone is 1. The van der Waals surface area contributed by atoms with Gasteiger partial charge in [0.15, 0.2) is 11.0 Å². The van der Waals surface area contributed by atoms with Crippen LogP contribution in [0.2, 0.25) is 5.02 Å². The van der Waals surface area contributed by atoms with Crippen molar-refractivity contribution in [1.29, 1.82) is 0 Å². The van der Waals surface area contributed by atoms with Crippen LogP contribution in [0.1, 0.15) is 49.2 Å². The Morgan fingerprint density at radius 3 is 2.52 bits per heavy atom. The highest BCUT2D eigenvalue weighted by Crippen LogP contribution is 2.24. The van der Waals surface area contributed by atoms with Crippen LogP contribution in [-0.2, 0) is 11.3 Å². The van der Waals surface area contributed by atoms with Gasteiger partial charge in [-0.15, -0.1) is 10.2 Å². The van der Waals surface area contributed by atoms with Crippen molar-refractivity contribution in [2.24, 2.45) is 5.10 Å². The van der Waals surface area contributed by atoms with E-state index in [1.165, 1.54) is 17.3 Å². The Balaban J connectivity index is 1.38. The molecule has 0 saturated heterocycles. The maximum Gasteiger partial charge on any atom is 0.250 e. The fourth-order valence-electron chi connectivity index (χ4n) is 3.99. The summed E-state index contributed by atoms with van der Waals surface area (Å²) in [5.74, 6) is 1.14. The number of nitrogens with one attached hydrogen (secondary N) is 2. The third-order valence-corrected chi connectivity index (χ3v) is 7.29. The van der Waals surface area contributed by atoms with Crippen LogP contribution in [0.5, 0.6) is 0 Å². The second-order valence-electron chi connectivity index (χ2n) is 9.67. The van der Waals surface area contributed by atoms with Crippen molar-refractivity contribution < 1.29 is 4.79 Å². The molecule has 4 rings (SSSR count). The van der Waals surface area contributed by atoms with E-state index in [9.17, 15) is 4.79 Å². The van der Waals surface area contributed by atoms with Crippen LogP contribution in [-0.4, -0.2) is 32.6 Å². The first-order chi connectivity index (χ1) is 19.3. The lowest BCUT2D eigenvalue weighted by molar-refractivity contribution is -0.118. The Kier molecular flexibility index (Phi) is 10.2. The van der Waals surface area contributed by atoms with Crippen molar-refractivity contribution in [3.8, 4) is 5.69 Å². The van der Waals surface area contributed by atoms with Gasteiger partial charge >= 0.3 is 0 Å². The number of hydrazone groups is 1. The van der Waals surface area contributed by atoms with Crippen LogP contribution in [0, 0.1) is 6.92 Å². The highest BCUT2D eigenvalue weighted by molar-refractivity contribution is 7.99. The molecule has 1 heterocycles. The molecule has 2 N–H and O–H groups in total. The van der Waals surface area contributed by atoms with Crippen molar-refractivity contribution in [2.75, 3.05) is 11.1 Å². The summed E-state index contributed by atoms with van der Waals surface area (Å²) < 4.78 is 1.96. The molecule has 9 heteroatoms. The quantitative estimate of drug-likeness (QED) is 0.112. The normalized spacial score (nSPS) is 11.8. The number of aromatic nitrogens is 3. The van der Waals surface area contributed by atoms with Crippen molar-refractivity contribution in [3.63, 3.8) is 0 Å². The fourth-order valence-corrected chi connectivity index (χ4v) is 4.98. The molecule has 0 aliphatic heterocycles. The summed E-state index contributed by atoms with van der Waals surface area (Å²) in [5.41, 5.74) is 8.86. The number of carbonyl (C=O) groups excluding carboxylic acids is 1. The van der Waals surface area contributed by atoms with Crippen LogP contribution in [0.15, 0.2) is 88.6 Å². The molecule has 0 aliphatic carbocycles. The number of nitrogens with zero attached hydrogens (tertiary/aromatic N) is 4. The van der Waals surface area contributed by atoms with Gasteiger partial charge in [-0.25, -0.2) is 5.43 Å². The zero-order valence-corrected chi connectivity index (χ0v) is 24.6. The van der Waals surface area contributed by atoms with Crippen LogP contribution >= 0.6 is 23.4 Å². The molecule has 1 aromatic heterocycles. The number of para-hydroxylation sites is 1. The minimum Gasteiger partial charge on any atom is -0.378 e. The molecule has 0 spiro atoms. The van der Waals surface area contributed by atoms with Crippen molar-refractivity contribution >= 4 is 47.2 Å². The number of hydrogen-bond donors (Lipinski definition) is 2. The predicted octanol–water partition coefficient (Wildman–Crippen LogP) is 7.26. The number of anilines is 1. The molecular formula is C31H33ClN6OS. The molecule has 40 heavy (non-hydrogen) atoms. The molecule has 0 bridgehead atoms. The van der Waals surface area contributed by atoms with Crippen LogP contribution in [0.3, 0.4) is 0 Å². The summed E-state index contributed by atoms with van der Waals surface area (Å²) >= 11 is 7.40. The minimum absolute atomic E-state index is 0.144. The predicted molar refractivity (Wildman–Crippen MR) is 166 cm³/mol. The first kappa shape index (κ1) is 29.1. The van der Waals surface area contributed by atoms with Gasteiger partial charge in [0.2, 0.25) is 0 Å². The highest BCUT2D eigenvalue weighted by Gasteiger charge is 2.16. The first-order valence-electron chi connectivity index (χ1n) is 13.0. The van der Waals surface area contributed by atoms with Gasteiger partial charge in [-0.1, -0.05) is 85.8 Å². The molecule has 0 atom stereocenters. The van der Waals surface area contributed by atoms with Crippen molar-refractivity contribution in [1.82, 2.24) is 20.2 Å². The Morgan fingerprint density at radius 1 is 1.07 bits per heavy atom. The number of benzene rings is 3. The molecule has 3 aromatic carbocycles. The molecule has 0 unspecified atom stereocenters. The van der Waals surface area contributed by atoms with E-state index >= 15 is 0 Å². The van der Waals surface area contributed by atoms with E-state index in [1.54, 1.807) is 6.21 Å². The standard InChI is InChI=1S/C31H33ClN6OS/c1-21(2)25-12-10-24(11-13-25)16-22(3)18-34-36-30(39)20-40-31-37-35-29(38(31)27-8-6-5-7-9-27)19-33-28-15-14-26(32)17-23(28)4/h5-18,21,33H,19-20H2,1-4H3,(H,36,39)/b22-16+,34-18?. The smallest absolute Gasteiger partial charge is 0.250 e. The van der Waals surface area contributed by atoms with Crippen LogP contribution in [0.4, 0.5) is 5.69 Å². The molecule has 7 nitrogen and oxygen atoms in total. The number of rotatable bonds is 11. The molecule has 0 radical (unpaired) electrons. The summed E-state index contributed by atoms with van der Waals surface area (Å²) in [6.45, 7) is 8.75. The number of amides is 1. The monoisotopic (exact) mass is 572 g/mol. The fraction of sp³-hybridized carbons (Fsp3) is 0.226. The molecule has 0 aliphatic rings. The molecule has 0 saturated carbocycles. The van der Waals surface area contributed by atoms with E-state index in [0.717, 1.165) is 33.9 Å². The Labute approximate surface area is 244 Å². The van der Waals surface area contributed by atoms with Gasteiger partial charge in [-0.3, -0.25) is 9.36 Å². The van der Waals surface area contributed by atoms with Crippen molar-refractivity contribution in [2.45, 2.75) is 45.3 Å². The minimum atomic E-state index is -0.227. The van der Waals surface area contributed by atoms with E-state index in [4.69, 9.17) is 11.6 Å². The summed E-state index contributed by atoms with van der Waals surface area (Å²) in [5, 5.41) is 17.6. The van der Waals surface area contributed by atoms with Crippen molar-refractivity contribution in [3.05, 3.63) is 106 Å². The zero-order valence-electron chi connectivity index (χ0n) is 23.1. The Morgan fingerprint density at radius 2 is 1.82 bits per heavy atom. The number of aryl methyl sites for hydroxylation is 1. The summed E-state index contributed by atoms with van der Waals surface area (Å²) in [6.07, 6.45) is 3.67. The van der Waals surface area contributed by atoms with E-state index < -0.39 is 0 Å². The third-order valence-electron chi connectivity index (χ3n) is 6.13. The van der Waals surface area contributed by atoms with E-state index in [-0.39, 0.29) is 11.7 Å². The van der Waals surface area contributed by atoms with Gasteiger partial charge in [-0.2, -0.15) is 5.10 Å². The average Bonchev–Trinajstić information content (AvgIpc) is 3.35. The summed E-state index contributed by atoms with van der Waals surface area (Å²) in [7, 11) is 0. The number of carbonyl (C=O) groups is 1. The van der Waals surface area contributed by atoms with Crippen LogP contribution < -0.4 is 10.7 Å². The number of thioether (sulfide) groups is 1. The van der Waals surface area contributed by atoms with E-state index in [1.807, 2.05) is 73.0 Å². The molecule has 206 valence electrons. The topological polar surface area (TPSA) is 84.2 Å². The highest BCUT2D eigenvalue weighted by atomic mass is 35.5. The van der Waals surface area contributed by atoms with Gasteiger partial charge in [0.1, 0.15) is 0 Å². The summed E-state index contributed by atoms with van der Waals surface area (Å²) in [6, 6.07) is 24.0. The first-order valence-corrected chi connectivity index (χ1v) is 14.4. The molecule has 0 fully saturated rings. The second kappa shape index (κ2) is 14.0. The van der Waals surface area contributed by atoms with Gasteiger partial charge in [0.05, 0.1) is 18.5 Å². The van der Waals surface area contributed by atoms with E-state index in [0.29, 0.717) is 22.6 Å². The number of hydrogen-bond acceptors (Lipinski definition) is 6. The number of halogens is 1. The summed E-state index contributed by atoms with van der Waals surface area (Å²) in [4.78, 5) is 12.5. The third kappa shape index (κ3) is 8.07. The Hall–Kier alpha value is -3.88.